The number of carboxylic acids is 1. The fraction of sp³-hybridized carbons (Fsp3) is 0.118. The molecule has 21 heavy (non-hydrogen) atoms. The van der Waals surface area contributed by atoms with Gasteiger partial charge in [0.1, 0.15) is 11.5 Å². The number of carboxylic acid groups (broad SMARTS) is 1. The average Bonchev–Trinajstić information content (AvgIpc) is 2.41. The van der Waals surface area contributed by atoms with E-state index in [1.165, 1.54) is 6.08 Å². The molecule has 4 heteroatoms. The molecule has 0 radical (unpaired) electrons. The second kappa shape index (κ2) is 6.46. The zero-order chi connectivity index (χ0) is 15.4. The molecule has 108 valence electrons. The number of aliphatic carboxylic acids is 1. The van der Waals surface area contributed by atoms with Crippen LogP contribution >= 0.6 is 11.6 Å². The first-order valence-corrected chi connectivity index (χ1v) is 6.79. The minimum Gasteiger partial charge on any atom is -0.478 e. The third kappa shape index (κ3) is 4.10. The Balaban J connectivity index is 2.37. The highest BCUT2D eigenvalue weighted by molar-refractivity contribution is 6.32. The highest BCUT2D eigenvalue weighted by Crippen LogP contribution is 2.32. The topological polar surface area (TPSA) is 46.5 Å². The van der Waals surface area contributed by atoms with Crippen molar-refractivity contribution in [2.45, 2.75) is 13.8 Å². The number of aryl methyl sites for hydroxylation is 2. The Morgan fingerprint density at radius 3 is 2.33 bits per heavy atom. The van der Waals surface area contributed by atoms with Crippen LogP contribution in [0.3, 0.4) is 0 Å². The van der Waals surface area contributed by atoms with Crippen LogP contribution in [0.2, 0.25) is 5.02 Å². The van der Waals surface area contributed by atoms with E-state index in [2.05, 4.69) is 0 Å². The van der Waals surface area contributed by atoms with E-state index < -0.39 is 5.97 Å². The molecule has 0 fully saturated rings. The molecule has 0 unspecified atom stereocenters. The highest BCUT2D eigenvalue weighted by Gasteiger charge is 2.07. The van der Waals surface area contributed by atoms with Crippen LogP contribution in [0.5, 0.6) is 11.5 Å². The smallest absolute Gasteiger partial charge is 0.328 e. The normalized spacial score (nSPS) is 10.8. The first-order chi connectivity index (χ1) is 9.95. The summed E-state index contributed by atoms with van der Waals surface area (Å²) in [5.41, 5.74) is 2.75. The summed E-state index contributed by atoms with van der Waals surface area (Å²) in [4.78, 5) is 10.7. The Labute approximate surface area is 128 Å². The van der Waals surface area contributed by atoms with Gasteiger partial charge in [-0.1, -0.05) is 29.3 Å². The van der Waals surface area contributed by atoms with E-state index in [0.29, 0.717) is 22.1 Å². The average molecular weight is 303 g/mol. The molecule has 1 N–H and O–H groups in total. The first-order valence-electron chi connectivity index (χ1n) is 6.41. The molecule has 0 aliphatic rings. The van der Waals surface area contributed by atoms with E-state index in [1.54, 1.807) is 12.1 Å². The summed E-state index contributed by atoms with van der Waals surface area (Å²) in [6, 6.07) is 11.1. The minimum atomic E-state index is -1.00. The van der Waals surface area contributed by atoms with Crippen molar-refractivity contribution in [2.24, 2.45) is 0 Å². The van der Waals surface area contributed by atoms with Gasteiger partial charge in [0.15, 0.2) is 0 Å². The molecule has 0 spiro atoms. The van der Waals surface area contributed by atoms with Crippen molar-refractivity contribution >= 4 is 23.6 Å². The molecule has 3 nitrogen and oxygen atoms in total. The maximum absolute atomic E-state index is 10.7. The molecule has 0 aliphatic carbocycles. The van der Waals surface area contributed by atoms with Crippen molar-refractivity contribution in [3.63, 3.8) is 0 Å². The van der Waals surface area contributed by atoms with Crippen LogP contribution in [0.15, 0.2) is 42.5 Å². The second-order valence-corrected chi connectivity index (χ2v) is 5.16. The lowest BCUT2D eigenvalue weighted by Crippen LogP contribution is -1.91. The Kier molecular flexibility index (Phi) is 4.66. The molecule has 0 bridgehead atoms. The van der Waals surface area contributed by atoms with Gasteiger partial charge in [0.05, 0.1) is 5.02 Å². The first kappa shape index (κ1) is 15.1. The quantitative estimate of drug-likeness (QED) is 0.821. The van der Waals surface area contributed by atoms with E-state index in [4.69, 9.17) is 21.4 Å². The molecule has 0 heterocycles. The minimum absolute atomic E-state index is 0.517. The standard InChI is InChI=1S/C17H15ClO3/c1-11-3-6-15(13(9-11)5-8-17(19)20)21-16-7-4-12(2)10-14(16)18/h3-10H,1-2H3,(H,19,20)/b8-5+. The fourth-order valence-corrected chi connectivity index (χ4v) is 2.13. The zero-order valence-corrected chi connectivity index (χ0v) is 12.5. The number of carbonyl (C=O) groups is 1. The molecule has 2 aromatic carbocycles. The van der Waals surface area contributed by atoms with Crippen molar-refractivity contribution in [1.82, 2.24) is 0 Å². The molecule has 0 atom stereocenters. The fourth-order valence-electron chi connectivity index (χ4n) is 1.86. The maximum atomic E-state index is 10.7. The van der Waals surface area contributed by atoms with Crippen LogP contribution < -0.4 is 4.74 Å². The largest absolute Gasteiger partial charge is 0.478 e. The number of halogens is 1. The molecular formula is C17H15ClO3. The van der Waals surface area contributed by atoms with Gasteiger partial charge in [0.25, 0.3) is 0 Å². The predicted molar refractivity (Wildman–Crippen MR) is 84.1 cm³/mol. The summed E-state index contributed by atoms with van der Waals surface area (Å²) < 4.78 is 5.81. The van der Waals surface area contributed by atoms with E-state index in [-0.39, 0.29) is 0 Å². The zero-order valence-electron chi connectivity index (χ0n) is 11.8. The van der Waals surface area contributed by atoms with Gasteiger partial charge in [0, 0.05) is 11.6 Å². The Morgan fingerprint density at radius 2 is 1.71 bits per heavy atom. The summed E-state index contributed by atoms with van der Waals surface area (Å²) in [6.45, 7) is 3.88. The second-order valence-electron chi connectivity index (χ2n) is 4.75. The third-order valence-corrected chi connectivity index (χ3v) is 3.17. The van der Waals surface area contributed by atoms with Crippen molar-refractivity contribution in [1.29, 1.82) is 0 Å². The number of benzene rings is 2. The lowest BCUT2D eigenvalue weighted by atomic mass is 10.1. The van der Waals surface area contributed by atoms with Gasteiger partial charge in [0.2, 0.25) is 0 Å². The molecule has 0 saturated heterocycles. The highest BCUT2D eigenvalue weighted by atomic mass is 35.5. The molecule has 0 saturated carbocycles. The summed E-state index contributed by atoms with van der Waals surface area (Å²) in [5, 5.41) is 9.27. The van der Waals surface area contributed by atoms with Crippen molar-refractivity contribution in [3.8, 4) is 11.5 Å². The van der Waals surface area contributed by atoms with Crippen molar-refractivity contribution in [2.75, 3.05) is 0 Å². The Hall–Kier alpha value is -2.26. The molecule has 0 aliphatic heterocycles. The van der Waals surface area contributed by atoms with Crippen LogP contribution in [0.25, 0.3) is 6.08 Å². The van der Waals surface area contributed by atoms with E-state index >= 15 is 0 Å². The molecule has 0 amide bonds. The van der Waals surface area contributed by atoms with Gasteiger partial charge < -0.3 is 9.84 Å². The summed E-state index contributed by atoms with van der Waals surface area (Å²) in [7, 11) is 0. The number of rotatable bonds is 4. The maximum Gasteiger partial charge on any atom is 0.328 e. The van der Waals surface area contributed by atoms with Gasteiger partial charge in [-0.15, -0.1) is 0 Å². The van der Waals surface area contributed by atoms with Crippen LogP contribution in [0.4, 0.5) is 0 Å². The molecular weight excluding hydrogens is 288 g/mol. The molecule has 2 aromatic rings. The number of hydrogen-bond acceptors (Lipinski definition) is 2. The van der Waals surface area contributed by atoms with Gasteiger partial charge in [-0.2, -0.15) is 0 Å². The third-order valence-electron chi connectivity index (χ3n) is 2.88. The van der Waals surface area contributed by atoms with Crippen LogP contribution in [0, 0.1) is 13.8 Å². The Bertz CT molecular complexity index is 705. The Morgan fingerprint density at radius 1 is 1.10 bits per heavy atom. The van der Waals surface area contributed by atoms with Crippen LogP contribution in [-0.2, 0) is 4.79 Å². The van der Waals surface area contributed by atoms with Crippen LogP contribution in [0.1, 0.15) is 16.7 Å². The summed E-state index contributed by atoms with van der Waals surface area (Å²) >= 11 is 6.15. The number of ether oxygens (including phenoxy) is 1. The lowest BCUT2D eigenvalue weighted by molar-refractivity contribution is -0.131. The van der Waals surface area contributed by atoms with E-state index in [0.717, 1.165) is 17.2 Å². The SMILES string of the molecule is Cc1ccc(Oc2ccc(C)cc2/C=C/C(=O)O)c(Cl)c1. The molecule has 2 rings (SSSR count). The molecule has 0 aromatic heterocycles. The van der Waals surface area contributed by atoms with Crippen LogP contribution in [-0.4, -0.2) is 11.1 Å². The van der Waals surface area contributed by atoms with Gasteiger partial charge in [-0.25, -0.2) is 4.79 Å². The van der Waals surface area contributed by atoms with Gasteiger partial charge >= 0.3 is 5.97 Å². The van der Waals surface area contributed by atoms with E-state index in [1.807, 2.05) is 38.1 Å². The van der Waals surface area contributed by atoms with E-state index in [9.17, 15) is 4.79 Å². The summed E-state index contributed by atoms with van der Waals surface area (Å²) in [6.07, 6.45) is 2.59. The monoisotopic (exact) mass is 302 g/mol. The number of hydrogen-bond donors (Lipinski definition) is 1. The summed E-state index contributed by atoms with van der Waals surface area (Å²) in [5.74, 6) is 0.0933. The van der Waals surface area contributed by atoms with Crippen molar-refractivity contribution < 1.29 is 14.6 Å². The van der Waals surface area contributed by atoms with Crippen molar-refractivity contribution in [3.05, 3.63) is 64.2 Å². The lowest BCUT2D eigenvalue weighted by Gasteiger charge is -2.11. The van der Waals surface area contributed by atoms with Gasteiger partial charge in [-0.05, 0) is 49.8 Å². The predicted octanol–water partition coefficient (Wildman–Crippen LogP) is 4.85. The van der Waals surface area contributed by atoms with Gasteiger partial charge in [-0.3, -0.25) is 0 Å².